The average Bonchev–Trinajstić information content (AvgIpc) is 2.98. The first kappa shape index (κ1) is 36.3. The molecule has 252 valence electrons. The van der Waals surface area contributed by atoms with Gasteiger partial charge in [0.15, 0.2) is 12.6 Å². The third kappa shape index (κ3) is 9.42. The van der Waals surface area contributed by atoms with E-state index in [0.717, 1.165) is 0 Å². The van der Waals surface area contributed by atoms with Crippen LogP contribution in [0, 0.1) is 0 Å². The van der Waals surface area contributed by atoms with Crippen molar-refractivity contribution in [2.24, 2.45) is 22.9 Å². The molecule has 2 heterocycles. The minimum Gasteiger partial charge on any atom is -0.395 e. The topological polar surface area (TPSA) is 324 Å². The third-order valence-corrected chi connectivity index (χ3v) is 8.09. The molecule has 2 aliphatic heterocycles. The average molecular weight is 627 g/mol. The van der Waals surface area contributed by atoms with Gasteiger partial charge in [0, 0.05) is 32.1 Å². The molecule has 15 atom stereocenters. The van der Waals surface area contributed by atoms with Crippen LogP contribution in [-0.4, -0.2) is 166 Å². The maximum Gasteiger partial charge on any atom is 0.249 e. The van der Waals surface area contributed by atoms with Crippen molar-refractivity contribution in [2.45, 2.75) is 117 Å². The lowest BCUT2D eigenvalue weighted by molar-refractivity contribution is -0.314. The SMILES string of the molecule is NCC(O)CC(O)C(=O)NC1CC(N)C(OC2OC(CNCCO)CCC2N)C(O)C1OC1OC(CO)C(O)C(N)C1O. The predicted octanol–water partition coefficient (Wildman–Crippen LogP) is -7.42. The van der Waals surface area contributed by atoms with Gasteiger partial charge in [0.05, 0.1) is 43.5 Å². The normalized spacial score (nSPS) is 41.9. The second kappa shape index (κ2) is 16.9. The number of nitrogens with two attached hydrogens (primary N) is 4. The van der Waals surface area contributed by atoms with Crippen molar-refractivity contribution in [3.05, 3.63) is 0 Å². The van der Waals surface area contributed by atoms with E-state index in [-0.39, 0.29) is 32.1 Å². The lowest BCUT2D eigenvalue weighted by Crippen LogP contribution is -2.69. The molecule has 1 amide bonds. The van der Waals surface area contributed by atoms with E-state index in [2.05, 4.69) is 10.6 Å². The minimum atomic E-state index is -1.65. The minimum absolute atomic E-state index is 0.0404. The van der Waals surface area contributed by atoms with Crippen LogP contribution >= 0.6 is 0 Å². The number of hydrogen-bond acceptors (Lipinski definition) is 17. The summed E-state index contributed by atoms with van der Waals surface area (Å²) in [6.07, 6.45) is -13.1. The molecule has 18 nitrogen and oxygen atoms in total. The van der Waals surface area contributed by atoms with Gasteiger partial charge >= 0.3 is 0 Å². The van der Waals surface area contributed by atoms with Gasteiger partial charge in [-0.2, -0.15) is 0 Å². The van der Waals surface area contributed by atoms with Crippen molar-refractivity contribution >= 4 is 5.91 Å². The molecular formula is C25H50N6O12. The molecule has 43 heavy (non-hydrogen) atoms. The van der Waals surface area contributed by atoms with Gasteiger partial charge in [0.1, 0.15) is 42.7 Å². The van der Waals surface area contributed by atoms with E-state index in [9.17, 15) is 35.4 Å². The van der Waals surface area contributed by atoms with E-state index < -0.39 is 98.1 Å². The maximum atomic E-state index is 12.8. The lowest BCUT2D eigenvalue weighted by Gasteiger charge is -2.48. The molecule has 2 saturated heterocycles. The molecule has 0 bridgehead atoms. The van der Waals surface area contributed by atoms with Crippen molar-refractivity contribution in [1.82, 2.24) is 10.6 Å². The molecule has 3 fully saturated rings. The largest absolute Gasteiger partial charge is 0.395 e. The molecule has 0 aromatic heterocycles. The Labute approximate surface area is 249 Å². The monoisotopic (exact) mass is 626 g/mol. The Kier molecular flexibility index (Phi) is 14.3. The first-order valence-electron chi connectivity index (χ1n) is 14.6. The number of aliphatic hydroxyl groups excluding tert-OH is 7. The molecule has 0 radical (unpaired) electrons. The quantitative estimate of drug-likeness (QED) is 0.0796. The van der Waals surface area contributed by atoms with Crippen LogP contribution in [0.5, 0.6) is 0 Å². The Bertz CT molecular complexity index is 851. The Morgan fingerprint density at radius 2 is 1.63 bits per heavy atom. The fourth-order valence-corrected chi connectivity index (χ4v) is 5.51. The zero-order valence-electron chi connectivity index (χ0n) is 24.0. The third-order valence-electron chi connectivity index (χ3n) is 8.09. The summed E-state index contributed by atoms with van der Waals surface area (Å²) in [6.45, 7) is -0.0560. The number of carbonyl (C=O) groups excluding carboxylic acids is 1. The summed E-state index contributed by atoms with van der Waals surface area (Å²) >= 11 is 0. The van der Waals surface area contributed by atoms with Crippen LogP contribution in [0.3, 0.4) is 0 Å². The highest BCUT2D eigenvalue weighted by molar-refractivity contribution is 5.80. The van der Waals surface area contributed by atoms with Gasteiger partial charge in [0.25, 0.3) is 0 Å². The standard InChI is InChI=1S/C25H50N6O12/c26-7-10(34)5-15(35)23(39)31-14-6-13(28)21(42-24-12(27)2-1-11(40-24)8-30-3-4-32)20(38)22(14)43-25-19(37)17(29)18(36)16(9-33)41-25/h10-22,24-25,30,32-38H,1-9,26-29H2,(H,31,39). The highest BCUT2D eigenvalue weighted by Crippen LogP contribution is 2.31. The van der Waals surface area contributed by atoms with Gasteiger partial charge in [-0.3, -0.25) is 4.79 Å². The summed E-state index contributed by atoms with van der Waals surface area (Å²) < 4.78 is 23.6. The van der Waals surface area contributed by atoms with Crippen molar-refractivity contribution in [3.8, 4) is 0 Å². The Morgan fingerprint density at radius 1 is 0.930 bits per heavy atom. The summed E-state index contributed by atoms with van der Waals surface area (Å²) in [6, 6.07) is -3.79. The first-order chi connectivity index (χ1) is 20.4. The molecule has 1 saturated carbocycles. The summed E-state index contributed by atoms with van der Waals surface area (Å²) in [5, 5.41) is 76.7. The van der Waals surface area contributed by atoms with E-state index in [1.54, 1.807) is 0 Å². The number of amides is 1. The lowest BCUT2D eigenvalue weighted by atomic mass is 9.83. The smallest absolute Gasteiger partial charge is 0.249 e. The van der Waals surface area contributed by atoms with E-state index in [0.29, 0.717) is 25.9 Å². The maximum absolute atomic E-state index is 12.8. The van der Waals surface area contributed by atoms with Gasteiger partial charge in [0.2, 0.25) is 5.91 Å². The number of nitrogens with one attached hydrogen (secondary N) is 2. The van der Waals surface area contributed by atoms with Crippen LogP contribution in [0.1, 0.15) is 25.7 Å². The molecule has 3 aliphatic rings. The van der Waals surface area contributed by atoms with Crippen LogP contribution in [0.25, 0.3) is 0 Å². The second-order valence-electron chi connectivity index (χ2n) is 11.4. The van der Waals surface area contributed by atoms with Crippen molar-refractivity contribution in [3.63, 3.8) is 0 Å². The van der Waals surface area contributed by atoms with Gasteiger partial charge in [-0.15, -0.1) is 0 Å². The highest BCUT2D eigenvalue weighted by Gasteiger charge is 2.51. The van der Waals surface area contributed by atoms with Crippen LogP contribution < -0.4 is 33.6 Å². The number of rotatable bonds is 14. The summed E-state index contributed by atoms with van der Waals surface area (Å²) in [4.78, 5) is 12.8. The van der Waals surface area contributed by atoms with E-state index in [1.807, 2.05) is 0 Å². The predicted molar refractivity (Wildman–Crippen MR) is 148 cm³/mol. The summed E-state index contributed by atoms with van der Waals surface area (Å²) in [5.41, 5.74) is 23.9. The zero-order valence-corrected chi connectivity index (χ0v) is 24.0. The number of aliphatic hydroxyl groups is 7. The highest BCUT2D eigenvalue weighted by atomic mass is 16.7. The van der Waals surface area contributed by atoms with Crippen LogP contribution in [-0.2, 0) is 23.7 Å². The fraction of sp³-hybridized carbons (Fsp3) is 0.960. The van der Waals surface area contributed by atoms with Crippen molar-refractivity contribution < 1.29 is 59.5 Å². The van der Waals surface area contributed by atoms with Crippen molar-refractivity contribution in [2.75, 3.05) is 32.8 Å². The Balaban J connectivity index is 1.80. The Hall–Kier alpha value is -1.17. The second-order valence-corrected chi connectivity index (χ2v) is 11.4. The van der Waals surface area contributed by atoms with Gasteiger partial charge in [-0.1, -0.05) is 0 Å². The molecule has 17 N–H and O–H groups in total. The molecule has 0 aromatic rings. The number of hydrogen-bond donors (Lipinski definition) is 13. The summed E-state index contributed by atoms with van der Waals surface area (Å²) in [5.74, 6) is -0.897. The van der Waals surface area contributed by atoms with E-state index >= 15 is 0 Å². The van der Waals surface area contributed by atoms with Gasteiger partial charge < -0.3 is 88.3 Å². The van der Waals surface area contributed by atoms with E-state index in [1.165, 1.54) is 0 Å². The van der Waals surface area contributed by atoms with E-state index in [4.69, 9.17) is 47.0 Å². The molecule has 15 unspecified atom stereocenters. The first-order valence-corrected chi connectivity index (χ1v) is 14.6. The van der Waals surface area contributed by atoms with Crippen LogP contribution in [0.4, 0.5) is 0 Å². The molecule has 1 aliphatic carbocycles. The molecule has 0 aromatic carbocycles. The Morgan fingerprint density at radius 3 is 2.28 bits per heavy atom. The molecular weight excluding hydrogens is 576 g/mol. The van der Waals surface area contributed by atoms with Crippen molar-refractivity contribution in [1.29, 1.82) is 0 Å². The molecule has 18 heteroatoms. The van der Waals surface area contributed by atoms with Gasteiger partial charge in [-0.05, 0) is 19.3 Å². The van der Waals surface area contributed by atoms with Gasteiger partial charge in [-0.25, -0.2) is 0 Å². The summed E-state index contributed by atoms with van der Waals surface area (Å²) in [7, 11) is 0. The molecule has 0 spiro atoms. The van der Waals surface area contributed by atoms with Crippen LogP contribution in [0.2, 0.25) is 0 Å². The zero-order chi connectivity index (χ0) is 31.8. The number of ether oxygens (including phenoxy) is 4. The fourth-order valence-electron chi connectivity index (χ4n) is 5.51. The van der Waals surface area contributed by atoms with Crippen LogP contribution in [0.15, 0.2) is 0 Å². The molecule has 3 rings (SSSR count). The number of carbonyl (C=O) groups is 1.